The maximum absolute atomic E-state index is 11.5. The number of amidine groups is 1. The van der Waals surface area contributed by atoms with Crippen molar-refractivity contribution in [3.8, 4) is 0 Å². The zero-order valence-corrected chi connectivity index (χ0v) is 10.7. The van der Waals surface area contributed by atoms with E-state index in [9.17, 15) is 4.79 Å². The lowest BCUT2D eigenvalue weighted by atomic mass is 10.1. The van der Waals surface area contributed by atoms with E-state index in [2.05, 4.69) is 35.5 Å². The van der Waals surface area contributed by atoms with Gasteiger partial charge >= 0.3 is 0 Å². The Kier molecular flexibility index (Phi) is 8.55. The number of nitrogens with one attached hydrogen (secondary N) is 1. The minimum atomic E-state index is -0.126. The van der Waals surface area contributed by atoms with Crippen LogP contribution in [0.3, 0.4) is 0 Å². The fourth-order valence-corrected chi connectivity index (χ4v) is 1.22. The van der Waals surface area contributed by atoms with Crippen LogP contribution in [-0.4, -0.2) is 25.0 Å². The Balaban J connectivity index is 4.13. The second-order valence-electron chi connectivity index (χ2n) is 3.70. The highest BCUT2D eigenvalue weighted by molar-refractivity contribution is 5.94. The molecule has 0 unspecified atom stereocenters. The van der Waals surface area contributed by atoms with Crippen LogP contribution < -0.4 is 5.32 Å². The van der Waals surface area contributed by atoms with E-state index in [0.717, 1.165) is 24.8 Å². The summed E-state index contributed by atoms with van der Waals surface area (Å²) in [5, 5.41) is 2.70. The zero-order valence-electron chi connectivity index (χ0n) is 10.7. The van der Waals surface area contributed by atoms with Crippen molar-refractivity contribution in [2.75, 3.05) is 6.54 Å². The first-order chi connectivity index (χ1) is 8.13. The lowest BCUT2D eigenvalue weighted by molar-refractivity contribution is -0.116. The summed E-state index contributed by atoms with van der Waals surface area (Å²) >= 11 is 0. The number of unbranched alkanes of at least 4 members (excludes halogenated alkanes) is 1. The highest BCUT2D eigenvalue weighted by atomic mass is 16.1. The van der Waals surface area contributed by atoms with Crippen LogP contribution in [0.4, 0.5) is 0 Å². The van der Waals surface area contributed by atoms with Gasteiger partial charge in [-0.3, -0.25) is 4.79 Å². The molecule has 0 radical (unpaired) electrons. The third-order valence-corrected chi connectivity index (χ3v) is 2.15. The standard InChI is InChI=1S/C13H21N3O/c1-5-7-8-11(3)9-13(17)16-10-12(14-4)15-6-2/h6,9H,2,4-5,7-8,10H2,1,3H3,(H,16,17)/b11-9+,15-12-. The Morgan fingerprint density at radius 1 is 1.47 bits per heavy atom. The van der Waals surface area contributed by atoms with Gasteiger partial charge in [0.2, 0.25) is 5.91 Å². The number of rotatable bonds is 7. The summed E-state index contributed by atoms with van der Waals surface area (Å²) in [5.41, 5.74) is 1.08. The number of carbonyl (C=O) groups is 1. The molecule has 0 aromatic carbocycles. The van der Waals surface area contributed by atoms with E-state index in [1.165, 1.54) is 6.20 Å². The topological polar surface area (TPSA) is 53.8 Å². The van der Waals surface area contributed by atoms with Crippen LogP contribution in [0, 0.1) is 0 Å². The molecule has 0 aromatic heterocycles. The van der Waals surface area contributed by atoms with Crippen LogP contribution in [0.1, 0.15) is 33.1 Å². The number of aliphatic imine (C=N–C) groups is 2. The van der Waals surface area contributed by atoms with Gasteiger partial charge in [0, 0.05) is 12.3 Å². The second kappa shape index (κ2) is 9.51. The Morgan fingerprint density at radius 2 is 2.18 bits per heavy atom. The fourth-order valence-electron chi connectivity index (χ4n) is 1.22. The molecule has 0 rings (SSSR count). The van der Waals surface area contributed by atoms with E-state index in [0.29, 0.717) is 5.84 Å². The largest absolute Gasteiger partial charge is 0.345 e. The SMILES string of the molecule is C=C/N=C(/CNC(=O)/C=C(\C)CCCC)N=C. The molecule has 0 spiro atoms. The number of hydrogen-bond donors (Lipinski definition) is 1. The molecule has 0 saturated carbocycles. The molecule has 4 nitrogen and oxygen atoms in total. The monoisotopic (exact) mass is 235 g/mol. The quantitative estimate of drug-likeness (QED) is 0.411. The van der Waals surface area contributed by atoms with E-state index < -0.39 is 0 Å². The number of allylic oxidation sites excluding steroid dienone is 1. The molecule has 0 saturated heterocycles. The predicted molar refractivity (Wildman–Crippen MR) is 73.5 cm³/mol. The van der Waals surface area contributed by atoms with Crippen LogP contribution in [0.25, 0.3) is 0 Å². The van der Waals surface area contributed by atoms with Crippen molar-refractivity contribution in [1.82, 2.24) is 5.32 Å². The molecule has 1 N–H and O–H groups in total. The van der Waals surface area contributed by atoms with E-state index in [4.69, 9.17) is 0 Å². The second-order valence-corrected chi connectivity index (χ2v) is 3.70. The molecule has 0 heterocycles. The van der Waals surface area contributed by atoms with Gasteiger partial charge in [-0.25, -0.2) is 9.98 Å². The van der Waals surface area contributed by atoms with Gasteiger partial charge in [0.25, 0.3) is 0 Å². The fraction of sp³-hybridized carbons (Fsp3) is 0.462. The highest BCUT2D eigenvalue weighted by Crippen LogP contribution is 2.05. The predicted octanol–water partition coefficient (Wildman–Crippen LogP) is 2.48. The molecule has 0 aromatic rings. The van der Waals surface area contributed by atoms with Crippen molar-refractivity contribution in [3.05, 3.63) is 24.4 Å². The summed E-state index contributed by atoms with van der Waals surface area (Å²) in [5.74, 6) is 0.326. The van der Waals surface area contributed by atoms with Crippen LogP contribution in [0.5, 0.6) is 0 Å². The smallest absolute Gasteiger partial charge is 0.244 e. The molecular formula is C13H21N3O. The molecule has 0 fully saturated rings. The van der Waals surface area contributed by atoms with Crippen molar-refractivity contribution in [1.29, 1.82) is 0 Å². The van der Waals surface area contributed by atoms with Gasteiger partial charge in [-0.1, -0.05) is 25.5 Å². The molecule has 4 heteroatoms. The number of amides is 1. The van der Waals surface area contributed by atoms with Gasteiger partial charge in [-0.15, -0.1) is 0 Å². The summed E-state index contributed by atoms with van der Waals surface area (Å²) in [4.78, 5) is 19.0. The first kappa shape index (κ1) is 15.3. The molecule has 0 aliphatic carbocycles. The molecule has 0 aliphatic heterocycles. The Bertz CT molecular complexity index is 330. The van der Waals surface area contributed by atoms with E-state index in [-0.39, 0.29) is 12.5 Å². The Morgan fingerprint density at radius 3 is 2.71 bits per heavy atom. The van der Waals surface area contributed by atoms with Gasteiger partial charge < -0.3 is 5.32 Å². The van der Waals surface area contributed by atoms with Crippen molar-refractivity contribution in [2.24, 2.45) is 9.98 Å². The number of nitrogens with zero attached hydrogens (tertiary/aromatic N) is 2. The average Bonchev–Trinajstić information content (AvgIpc) is 2.31. The summed E-state index contributed by atoms with van der Waals surface area (Å²) in [7, 11) is 0. The van der Waals surface area contributed by atoms with Gasteiger partial charge in [-0.05, 0) is 26.5 Å². The third-order valence-electron chi connectivity index (χ3n) is 2.15. The van der Waals surface area contributed by atoms with Crippen molar-refractivity contribution in [3.63, 3.8) is 0 Å². The molecule has 0 bridgehead atoms. The van der Waals surface area contributed by atoms with Crippen molar-refractivity contribution < 1.29 is 4.79 Å². The van der Waals surface area contributed by atoms with Crippen molar-refractivity contribution >= 4 is 18.5 Å². The maximum atomic E-state index is 11.5. The number of hydrogen-bond acceptors (Lipinski definition) is 2. The number of carbonyl (C=O) groups excluding carboxylic acids is 1. The average molecular weight is 235 g/mol. The molecular weight excluding hydrogens is 214 g/mol. The first-order valence-electron chi connectivity index (χ1n) is 5.73. The molecule has 0 atom stereocenters. The summed E-state index contributed by atoms with van der Waals surface area (Å²) in [6.45, 7) is 11.2. The Labute approximate surface area is 103 Å². The van der Waals surface area contributed by atoms with Crippen molar-refractivity contribution in [2.45, 2.75) is 33.1 Å². The van der Waals surface area contributed by atoms with Gasteiger partial charge in [-0.2, -0.15) is 0 Å². The van der Waals surface area contributed by atoms with Crippen LogP contribution in [-0.2, 0) is 4.79 Å². The van der Waals surface area contributed by atoms with E-state index >= 15 is 0 Å². The maximum Gasteiger partial charge on any atom is 0.244 e. The third kappa shape index (κ3) is 8.13. The van der Waals surface area contributed by atoms with Gasteiger partial charge in [0.1, 0.15) is 5.84 Å². The zero-order chi connectivity index (χ0) is 13.1. The molecule has 0 aliphatic rings. The Hall–Kier alpha value is -1.71. The molecule has 17 heavy (non-hydrogen) atoms. The van der Waals surface area contributed by atoms with E-state index in [1.54, 1.807) is 6.08 Å². The normalized spacial score (nSPS) is 12.1. The molecule has 94 valence electrons. The lowest BCUT2D eigenvalue weighted by Crippen LogP contribution is -2.27. The summed E-state index contributed by atoms with van der Waals surface area (Å²) in [6.07, 6.45) is 6.18. The summed E-state index contributed by atoms with van der Waals surface area (Å²) in [6, 6.07) is 0. The van der Waals surface area contributed by atoms with Gasteiger partial charge in [0.05, 0.1) is 6.54 Å². The van der Waals surface area contributed by atoms with Crippen LogP contribution in [0.15, 0.2) is 34.4 Å². The highest BCUT2D eigenvalue weighted by Gasteiger charge is 2.00. The van der Waals surface area contributed by atoms with Crippen LogP contribution >= 0.6 is 0 Å². The molecule has 1 amide bonds. The minimum Gasteiger partial charge on any atom is -0.345 e. The lowest BCUT2D eigenvalue weighted by Gasteiger charge is -2.02. The first-order valence-corrected chi connectivity index (χ1v) is 5.73. The summed E-state index contributed by atoms with van der Waals surface area (Å²) < 4.78 is 0. The van der Waals surface area contributed by atoms with E-state index in [1.807, 2.05) is 6.92 Å². The van der Waals surface area contributed by atoms with Gasteiger partial charge in [0.15, 0.2) is 0 Å². The van der Waals surface area contributed by atoms with Crippen LogP contribution in [0.2, 0.25) is 0 Å². The minimum absolute atomic E-state index is 0.126.